The number of hydrogen-bond acceptors (Lipinski definition) is 5. The van der Waals surface area contributed by atoms with Gasteiger partial charge >= 0.3 is 0 Å². The Labute approximate surface area is 151 Å². The van der Waals surface area contributed by atoms with Gasteiger partial charge in [-0.05, 0) is 55.7 Å². The molecule has 2 aromatic heterocycles. The van der Waals surface area contributed by atoms with Gasteiger partial charge in [-0.1, -0.05) is 0 Å². The number of pyridine rings is 1. The number of aromatic amines is 1. The third-order valence-electron chi connectivity index (χ3n) is 4.52. The van der Waals surface area contributed by atoms with Gasteiger partial charge in [-0.2, -0.15) is 5.10 Å². The summed E-state index contributed by atoms with van der Waals surface area (Å²) in [5.41, 5.74) is 2.25. The molecule has 1 aliphatic rings. The van der Waals surface area contributed by atoms with Crippen LogP contribution in [0.1, 0.15) is 29.6 Å². The zero-order valence-corrected chi connectivity index (χ0v) is 14.4. The first-order valence-corrected chi connectivity index (χ1v) is 8.78. The van der Waals surface area contributed by atoms with Gasteiger partial charge in [-0.3, -0.25) is 9.89 Å². The molecule has 2 N–H and O–H groups in total. The molecule has 4 rings (SSSR count). The number of nitrogens with one attached hydrogen (secondary N) is 2. The Balaban J connectivity index is 1.51. The second-order valence-electron chi connectivity index (χ2n) is 6.29. The SMILES string of the molecule is O=C(Nc1ccc(-c2ncn[nH]2)cc1)c1cccnc1N1CCCCC1. The minimum absolute atomic E-state index is 0.147. The molecule has 0 spiro atoms. The highest BCUT2D eigenvalue weighted by Gasteiger charge is 2.19. The van der Waals surface area contributed by atoms with Crippen LogP contribution < -0.4 is 10.2 Å². The van der Waals surface area contributed by atoms with Crippen LogP contribution in [-0.2, 0) is 0 Å². The van der Waals surface area contributed by atoms with Crippen molar-refractivity contribution in [1.82, 2.24) is 20.2 Å². The van der Waals surface area contributed by atoms with Gasteiger partial charge in [-0.25, -0.2) is 9.97 Å². The topological polar surface area (TPSA) is 86.8 Å². The van der Waals surface area contributed by atoms with Crippen LogP contribution in [0.3, 0.4) is 0 Å². The maximum Gasteiger partial charge on any atom is 0.259 e. The summed E-state index contributed by atoms with van der Waals surface area (Å²) in [6, 6.07) is 11.1. The summed E-state index contributed by atoms with van der Waals surface area (Å²) in [5.74, 6) is 1.32. The number of aromatic nitrogens is 4. The van der Waals surface area contributed by atoms with Crippen molar-refractivity contribution in [3.05, 3.63) is 54.5 Å². The molecule has 0 radical (unpaired) electrons. The van der Waals surface area contributed by atoms with Gasteiger partial charge in [0.2, 0.25) is 0 Å². The molecule has 1 aliphatic heterocycles. The largest absolute Gasteiger partial charge is 0.356 e. The van der Waals surface area contributed by atoms with E-state index in [1.807, 2.05) is 30.3 Å². The standard InChI is InChI=1S/C19H20N6O/c26-19(16-5-4-10-20-18(16)25-11-2-1-3-12-25)23-15-8-6-14(7-9-15)17-21-13-22-24-17/h4-10,13H,1-3,11-12H2,(H,23,26)(H,21,22,24). The van der Waals surface area contributed by atoms with E-state index in [0.717, 1.165) is 43.0 Å². The average Bonchev–Trinajstić information content (AvgIpc) is 3.24. The van der Waals surface area contributed by atoms with Crippen molar-refractivity contribution in [1.29, 1.82) is 0 Å². The lowest BCUT2D eigenvalue weighted by Crippen LogP contribution is -2.32. The molecule has 0 unspecified atom stereocenters. The number of H-pyrrole nitrogens is 1. The first-order chi connectivity index (χ1) is 12.8. The molecule has 26 heavy (non-hydrogen) atoms. The zero-order valence-electron chi connectivity index (χ0n) is 14.4. The summed E-state index contributed by atoms with van der Waals surface area (Å²) >= 11 is 0. The molecular formula is C19H20N6O. The van der Waals surface area contributed by atoms with E-state index in [2.05, 4.69) is 30.4 Å². The number of carbonyl (C=O) groups excluding carboxylic acids is 1. The molecule has 1 amide bonds. The molecular weight excluding hydrogens is 328 g/mol. The maximum atomic E-state index is 12.8. The molecule has 7 heteroatoms. The highest BCUT2D eigenvalue weighted by atomic mass is 16.1. The Hall–Kier alpha value is -3.22. The van der Waals surface area contributed by atoms with E-state index in [4.69, 9.17) is 0 Å². The summed E-state index contributed by atoms with van der Waals surface area (Å²) in [7, 11) is 0. The number of benzene rings is 1. The molecule has 132 valence electrons. The van der Waals surface area contributed by atoms with Gasteiger partial charge in [0, 0.05) is 30.5 Å². The fourth-order valence-corrected chi connectivity index (χ4v) is 3.19. The number of nitrogens with zero attached hydrogens (tertiary/aromatic N) is 4. The minimum Gasteiger partial charge on any atom is -0.356 e. The van der Waals surface area contributed by atoms with Crippen molar-refractivity contribution < 1.29 is 4.79 Å². The number of hydrogen-bond donors (Lipinski definition) is 2. The number of anilines is 2. The lowest BCUT2D eigenvalue weighted by Gasteiger charge is -2.29. The zero-order chi connectivity index (χ0) is 17.8. The van der Waals surface area contributed by atoms with E-state index in [-0.39, 0.29) is 5.91 Å². The van der Waals surface area contributed by atoms with E-state index in [1.165, 1.54) is 12.7 Å². The summed E-state index contributed by atoms with van der Waals surface area (Å²) in [4.78, 5) is 23.6. The van der Waals surface area contributed by atoms with Crippen LogP contribution in [0.2, 0.25) is 0 Å². The third-order valence-corrected chi connectivity index (χ3v) is 4.52. The van der Waals surface area contributed by atoms with Crippen LogP contribution in [0, 0.1) is 0 Å². The van der Waals surface area contributed by atoms with Gasteiger partial charge in [0.15, 0.2) is 5.82 Å². The van der Waals surface area contributed by atoms with E-state index in [9.17, 15) is 4.79 Å². The Bertz CT molecular complexity index is 869. The average molecular weight is 348 g/mol. The van der Waals surface area contributed by atoms with E-state index in [1.54, 1.807) is 12.3 Å². The van der Waals surface area contributed by atoms with Gasteiger partial charge in [0.1, 0.15) is 12.1 Å². The molecule has 1 saturated heterocycles. The van der Waals surface area contributed by atoms with E-state index < -0.39 is 0 Å². The third kappa shape index (κ3) is 3.42. The quantitative estimate of drug-likeness (QED) is 0.756. The Kier molecular flexibility index (Phi) is 4.59. The summed E-state index contributed by atoms with van der Waals surface area (Å²) in [6.45, 7) is 1.90. The van der Waals surface area contributed by atoms with E-state index in [0.29, 0.717) is 11.4 Å². The first kappa shape index (κ1) is 16.3. The van der Waals surface area contributed by atoms with Crippen molar-refractivity contribution in [2.45, 2.75) is 19.3 Å². The minimum atomic E-state index is -0.147. The van der Waals surface area contributed by atoms with Crippen LogP contribution in [0.25, 0.3) is 11.4 Å². The Morgan fingerprint density at radius 1 is 1.04 bits per heavy atom. The number of carbonyl (C=O) groups is 1. The molecule has 3 heterocycles. The van der Waals surface area contributed by atoms with Crippen molar-refractivity contribution >= 4 is 17.4 Å². The number of piperidine rings is 1. The van der Waals surface area contributed by atoms with Crippen LogP contribution in [0.4, 0.5) is 11.5 Å². The highest BCUT2D eigenvalue weighted by Crippen LogP contribution is 2.23. The lowest BCUT2D eigenvalue weighted by atomic mass is 10.1. The molecule has 0 atom stereocenters. The lowest BCUT2D eigenvalue weighted by molar-refractivity contribution is 0.102. The van der Waals surface area contributed by atoms with Gasteiger partial charge in [0.05, 0.1) is 5.56 Å². The molecule has 0 bridgehead atoms. The van der Waals surface area contributed by atoms with Crippen LogP contribution in [-0.4, -0.2) is 39.2 Å². The highest BCUT2D eigenvalue weighted by molar-refractivity contribution is 6.07. The molecule has 1 fully saturated rings. The smallest absolute Gasteiger partial charge is 0.259 e. The number of amides is 1. The van der Waals surface area contributed by atoms with Gasteiger partial charge in [0.25, 0.3) is 5.91 Å². The van der Waals surface area contributed by atoms with Gasteiger partial charge in [-0.15, -0.1) is 0 Å². The van der Waals surface area contributed by atoms with Crippen LogP contribution in [0.5, 0.6) is 0 Å². The second-order valence-corrected chi connectivity index (χ2v) is 6.29. The van der Waals surface area contributed by atoms with Crippen molar-refractivity contribution in [2.75, 3.05) is 23.3 Å². The summed E-state index contributed by atoms with van der Waals surface area (Å²) in [6.07, 6.45) is 6.73. The normalized spacial score (nSPS) is 14.2. The Morgan fingerprint density at radius 3 is 2.58 bits per heavy atom. The van der Waals surface area contributed by atoms with Crippen molar-refractivity contribution in [2.24, 2.45) is 0 Å². The van der Waals surface area contributed by atoms with Crippen LogP contribution in [0.15, 0.2) is 48.9 Å². The van der Waals surface area contributed by atoms with Crippen LogP contribution >= 0.6 is 0 Å². The van der Waals surface area contributed by atoms with E-state index >= 15 is 0 Å². The van der Waals surface area contributed by atoms with Crippen molar-refractivity contribution in [3.63, 3.8) is 0 Å². The molecule has 0 aliphatic carbocycles. The van der Waals surface area contributed by atoms with Gasteiger partial charge < -0.3 is 10.2 Å². The number of rotatable bonds is 4. The molecule has 3 aromatic rings. The summed E-state index contributed by atoms with van der Waals surface area (Å²) < 4.78 is 0. The summed E-state index contributed by atoms with van der Waals surface area (Å²) in [5, 5.41) is 9.63. The molecule has 1 aromatic carbocycles. The molecule has 0 saturated carbocycles. The van der Waals surface area contributed by atoms with Crippen molar-refractivity contribution in [3.8, 4) is 11.4 Å². The molecule has 7 nitrogen and oxygen atoms in total. The first-order valence-electron chi connectivity index (χ1n) is 8.78. The fourth-order valence-electron chi connectivity index (χ4n) is 3.19. The predicted molar refractivity (Wildman–Crippen MR) is 100 cm³/mol. The second kappa shape index (κ2) is 7.35. The maximum absolute atomic E-state index is 12.8. The Morgan fingerprint density at radius 2 is 1.85 bits per heavy atom. The monoisotopic (exact) mass is 348 g/mol. The predicted octanol–water partition coefficient (Wildman–Crippen LogP) is 3.11. The fraction of sp³-hybridized carbons (Fsp3) is 0.263.